The molecule has 0 saturated carbocycles. The fraction of sp³-hybridized carbons (Fsp3) is 0.429. The maximum Gasteiger partial charge on any atom is 0.194 e. The number of carbonyl (C=O) groups is 1. The summed E-state index contributed by atoms with van der Waals surface area (Å²) in [6.45, 7) is 13.2. The van der Waals surface area contributed by atoms with E-state index in [1.54, 1.807) is 6.20 Å². The fourth-order valence-electron chi connectivity index (χ4n) is 5.19. The molecule has 0 aliphatic carbocycles. The Balaban J connectivity index is 0.000000719. The maximum atomic E-state index is 16.0. The molecule has 0 unspecified atom stereocenters. The van der Waals surface area contributed by atoms with Crippen LogP contribution in [0, 0.1) is 0 Å². The van der Waals surface area contributed by atoms with Crippen molar-refractivity contribution < 1.29 is 19.0 Å². The van der Waals surface area contributed by atoms with Gasteiger partial charge >= 0.3 is 0 Å². The van der Waals surface area contributed by atoms with E-state index in [2.05, 4.69) is 48.4 Å². The Morgan fingerprint density at radius 1 is 1.09 bits per heavy atom. The normalized spacial score (nSPS) is 14.8. The van der Waals surface area contributed by atoms with Gasteiger partial charge in [-0.15, -0.1) is 0 Å². The van der Waals surface area contributed by atoms with E-state index in [1.165, 1.54) is 6.08 Å². The summed E-state index contributed by atoms with van der Waals surface area (Å²) in [7, 11) is 4.11. The van der Waals surface area contributed by atoms with Gasteiger partial charge in [-0.25, -0.2) is 4.39 Å². The van der Waals surface area contributed by atoms with Gasteiger partial charge < -0.3 is 34.7 Å². The molecule has 10 heteroatoms. The molecular formula is C35H48FN5O4. The number of aliphatic hydroxyl groups excluding tert-OH is 1. The summed E-state index contributed by atoms with van der Waals surface area (Å²) in [4.78, 5) is 26.0. The lowest BCUT2D eigenvalue weighted by Crippen LogP contribution is -2.48. The number of hydrogen-bond donors (Lipinski definition) is 3. The molecule has 1 aromatic heterocycles. The molecule has 9 nitrogen and oxygen atoms in total. The number of unbranched alkanes of at least 4 members (excludes halogenated alkanes) is 1. The molecule has 5 rings (SSSR count). The van der Waals surface area contributed by atoms with Crippen LogP contribution in [0.15, 0.2) is 53.2 Å². The Bertz CT molecular complexity index is 1610. The quantitative estimate of drug-likeness (QED) is 0.298. The molecule has 0 spiro atoms. The number of nitrogens with one attached hydrogen (secondary N) is 2. The SMILES string of the molecule is C=O.CCCCNC1=C(F)C=c2c(=O)c(CNCCN3CCOCC3)cn(/c2=C\O)-c2ccc3ccccc3c21.CCN(C)C. The van der Waals surface area contributed by atoms with E-state index >= 15 is 4.39 Å². The van der Waals surface area contributed by atoms with Crippen molar-refractivity contribution in [3.05, 3.63) is 80.3 Å². The molecule has 1 saturated heterocycles. The average Bonchev–Trinajstić information content (AvgIpc) is 3.07. The zero-order chi connectivity index (χ0) is 32.8. The second-order valence-corrected chi connectivity index (χ2v) is 11.1. The number of fused-ring (bicyclic) bond motifs is 6. The molecule has 2 aliphatic heterocycles. The molecule has 2 aromatic carbocycles. The number of ether oxygens (including phenoxy) is 1. The minimum absolute atomic E-state index is 0.131. The number of aliphatic hydroxyl groups is 1. The third-order valence-electron chi connectivity index (χ3n) is 7.89. The van der Waals surface area contributed by atoms with Crippen LogP contribution in [0.5, 0.6) is 0 Å². The van der Waals surface area contributed by atoms with E-state index in [4.69, 9.17) is 9.53 Å². The van der Waals surface area contributed by atoms with E-state index in [9.17, 15) is 9.90 Å². The predicted molar refractivity (Wildman–Crippen MR) is 182 cm³/mol. The molecule has 244 valence electrons. The van der Waals surface area contributed by atoms with Crippen molar-refractivity contribution >= 4 is 35.6 Å². The topological polar surface area (TPSA) is 99.1 Å². The second-order valence-electron chi connectivity index (χ2n) is 11.1. The van der Waals surface area contributed by atoms with Crippen LogP contribution in [0.3, 0.4) is 0 Å². The van der Waals surface area contributed by atoms with Crippen LogP contribution >= 0.6 is 0 Å². The molecule has 1 fully saturated rings. The van der Waals surface area contributed by atoms with E-state index in [0.29, 0.717) is 42.1 Å². The van der Waals surface area contributed by atoms with Crippen LogP contribution in [-0.2, 0) is 16.1 Å². The van der Waals surface area contributed by atoms with Crippen molar-refractivity contribution in [1.29, 1.82) is 0 Å². The van der Waals surface area contributed by atoms with Crippen LogP contribution in [0.4, 0.5) is 4.39 Å². The van der Waals surface area contributed by atoms with Crippen LogP contribution in [0.25, 0.3) is 34.5 Å². The summed E-state index contributed by atoms with van der Waals surface area (Å²) < 4.78 is 23.3. The van der Waals surface area contributed by atoms with Gasteiger partial charge in [-0.3, -0.25) is 9.69 Å². The van der Waals surface area contributed by atoms with Crippen molar-refractivity contribution in [2.45, 2.75) is 33.2 Å². The van der Waals surface area contributed by atoms with Crippen molar-refractivity contribution in [2.24, 2.45) is 0 Å². The number of pyridine rings is 1. The van der Waals surface area contributed by atoms with Crippen molar-refractivity contribution in [3.8, 4) is 5.69 Å². The number of nitrogens with zero attached hydrogens (tertiary/aromatic N) is 3. The Kier molecular flexibility index (Phi) is 14.4. The predicted octanol–water partition coefficient (Wildman–Crippen LogP) is 2.91. The molecule has 2 bridgehead atoms. The lowest BCUT2D eigenvalue weighted by Gasteiger charge is -2.26. The lowest BCUT2D eigenvalue weighted by atomic mass is 9.97. The lowest BCUT2D eigenvalue weighted by molar-refractivity contribution is -0.0980. The third kappa shape index (κ3) is 9.11. The Morgan fingerprint density at radius 2 is 1.80 bits per heavy atom. The number of rotatable bonds is 10. The van der Waals surface area contributed by atoms with Gasteiger partial charge in [0, 0.05) is 56.6 Å². The minimum atomic E-state index is -0.525. The zero-order valence-corrected chi connectivity index (χ0v) is 27.1. The van der Waals surface area contributed by atoms with E-state index in [-0.39, 0.29) is 16.0 Å². The first-order valence-electron chi connectivity index (χ1n) is 15.6. The molecule has 0 radical (unpaired) electrons. The van der Waals surface area contributed by atoms with Gasteiger partial charge in [0.2, 0.25) is 0 Å². The summed E-state index contributed by atoms with van der Waals surface area (Å²) in [6, 6.07) is 11.8. The van der Waals surface area contributed by atoms with Crippen LogP contribution in [0.2, 0.25) is 0 Å². The summed E-state index contributed by atoms with van der Waals surface area (Å²) in [5.41, 5.74) is 1.97. The summed E-state index contributed by atoms with van der Waals surface area (Å²) in [5, 5.41) is 19.2. The van der Waals surface area contributed by atoms with Gasteiger partial charge in [0.1, 0.15) is 18.9 Å². The molecule has 0 amide bonds. The van der Waals surface area contributed by atoms with Crippen LogP contribution in [-0.4, -0.2) is 92.8 Å². The molecule has 2 aliphatic rings. The number of hydrogen-bond acceptors (Lipinski definition) is 8. The first-order valence-corrected chi connectivity index (χ1v) is 15.6. The molecule has 3 N–H and O–H groups in total. The Hall–Kier alpha value is -3.83. The number of benzene rings is 2. The zero-order valence-electron chi connectivity index (χ0n) is 27.1. The third-order valence-corrected chi connectivity index (χ3v) is 7.89. The fourth-order valence-corrected chi connectivity index (χ4v) is 5.19. The first-order chi connectivity index (χ1) is 21.9. The Labute approximate surface area is 265 Å². The van der Waals surface area contributed by atoms with Gasteiger partial charge in [0.05, 0.1) is 35.2 Å². The first kappa shape index (κ1) is 35.6. The number of carbonyl (C=O) groups excluding carboxylic acids is 1. The standard InChI is InChI=1S/C30H35FN4O3.C4H11N.CH2O/c1-2-3-10-33-29-25(31)17-24-27(20-36)35(26-9-8-21-6-4-5-7-23(21)28(26)29)19-22(30(24)37)18-32-11-12-34-13-15-38-16-14-34;1-4-5(2)3;1-2/h4-9,17,19-20,32-33,36H,2-3,10-16,18H2,1H3;4H2,1-3H3;1H2/b24-17?,27-20-,29-25?;;. The van der Waals surface area contributed by atoms with Gasteiger partial charge in [-0.1, -0.05) is 50.6 Å². The Morgan fingerprint density at radius 3 is 2.47 bits per heavy atom. The highest BCUT2D eigenvalue weighted by molar-refractivity contribution is 5.98. The number of aromatic nitrogens is 1. The summed E-state index contributed by atoms with van der Waals surface area (Å²) >= 11 is 0. The number of halogens is 1. The summed E-state index contributed by atoms with van der Waals surface area (Å²) in [6.07, 6.45) is 5.78. The van der Waals surface area contributed by atoms with Gasteiger partial charge in [0.25, 0.3) is 0 Å². The highest BCUT2D eigenvalue weighted by Crippen LogP contribution is 2.32. The van der Waals surface area contributed by atoms with E-state index < -0.39 is 5.83 Å². The molecule has 0 atom stereocenters. The van der Waals surface area contributed by atoms with Crippen LogP contribution in [0.1, 0.15) is 37.8 Å². The smallest absolute Gasteiger partial charge is 0.194 e. The monoisotopic (exact) mass is 621 g/mol. The molecule has 3 heterocycles. The minimum Gasteiger partial charge on any atom is -0.513 e. The van der Waals surface area contributed by atoms with E-state index in [1.807, 2.05) is 47.8 Å². The van der Waals surface area contributed by atoms with Crippen LogP contribution < -0.4 is 26.6 Å². The van der Waals surface area contributed by atoms with Gasteiger partial charge in [-0.2, -0.15) is 0 Å². The largest absolute Gasteiger partial charge is 0.513 e. The average molecular weight is 622 g/mol. The second kappa shape index (κ2) is 18.2. The maximum absolute atomic E-state index is 16.0. The van der Waals surface area contributed by atoms with E-state index in [0.717, 1.165) is 69.3 Å². The number of morpholine rings is 1. The molecular weight excluding hydrogens is 573 g/mol. The molecule has 45 heavy (non-hydrogen) atoms. The van der Waals surface area contributed by atoms with Gasteiger partial charge in [-0.05, 0) is 50.0 Å². The summed E-state index contributed by atoms with van der Waals surface area (Å²) in [5.74, 6) is -0.525. The van der Waals surface area contributed by atoms with Crippen molar-refractivity contribution in [1.82, 2.24) is 25.0 Å². The van der Waals surface area contributed by atoms with Gasteiger partial charge in [0.15, 0.2) is 5.43 Å². The highest BCUT2D eigenvalue weighted by Gasteiger charge is 2.21. The highest BCUT2D eigenvalue weighted by atomic mass is 19.1. The van der Waals surface area contributed by atoms with Crippen molar-refractivity contribution in [3.63, 3.8) is 0 Å². The molecule has 3 aromatic rings. The number of allylic oxidation sites excluding steroid dienone is 1. The van der Waals surface area contributed by atoms with Crippen molar-refractivity contribution in [2.75, 3.05) is 66.6 Å².